The van der Waals surface area contributed by atoms with Crippen molar-refractivity contribution >= 4 is 58.6 Å². The number of nitrogens with zero attached hydrogens (tertiary/aromatic N) is 1. The number of rotatable bonds is 9. The molecule has 1 aliphatic rings. The Morgan fingerprint density at radius 2 is 1.70 bits per heavy atom. The third-order valence-electron chi connectivity index (χ3n) is 4.87. The summed E-state index contributed by atoms with van der Waals surface area (Å²) >= 11 is 1.99. The van der Waals surface area contributed by atoms with Crippen LogP contribution in [0, 0.1) is 0 Å². The van der Waals surface area contributed by atoms with Gasteiger partial charge in [0.25, 0.3) is 17.1 Å². The third kappa shape index (κ3) is 6.45. The molecule has 4 N–H and O–H groups in total. The molecule has 0 radical (unpaired) electrons. The minimum Gasteiger partial charge on any atom is -0.477 e. The van der Waals surface area contributed by atoms with Gasteiger partial charge in [-0.1, -0.05) is 12.1 Å². The van der Waals surface area contributed by atoms with E-state index in [9.17, 15) is 24.0 Å². The molecule has 2 aromatic heterocycles. The number of aromatic carboxylic acids is 2. The standard InChI is InChI=1S/C24H17N3O8S2/c28-20(25-7-8-36-15-10-16(22(30)31)26-17(11-15)23(32)33)13-3-1-12(2-4-13)18-6-5-14(35-18)9-19-21(29)27-24(34)37-19/h1-6,9-11H,7-8H2,(H,25,28)(H,30,31)(H,32,33)(H,27,29,34). The van der Waals surface area contributed by atoms with Crippen molar-refractivity contribution in [1.29, 1.82) is 0 Å². The smallest absolute Gasteiger partial charge is 0.354 e. The Kier molecular flexibility index (Phi) is 7.74. The average Bonchev–Trinajstić information content (AvgIpc) is 3.47. The topological polar surface area (TPSA) is 176 Å². The van der Waals surface area contributed by atoms with E-state index in [1.807, 2.05) is 0 Å². The summed E-state index contributed by atoms with van der Waals surface area (Å²) in [5.74, 6) is -2.16. The molecule has 0 saturated carbocycles. The number of hydrogen-bond donors (Lipinski definition) is 4. The molecule has 1 fully saturated rings. The van der Waals surface area contributed by atoms with Crippen LogP contribution in [0.15, 0.2) is 62.7 Å². The largest absolute Gasteiger partial charge is 0.477 e. The number of hydrogen-bond acceptors (Lipinski definition) is 9. The molecule has 0 atom stereocenters. The van der Waals surface area contributed by atoms with Crippen LogP contribution in [0.4, 0.5) is 4.79 Å². The zero-order valence-electron chi connectivity index (χ0n) is 18.7. The van der Waals surface area contributed by atoms with Crippen LogP contribution in [0.1, 0.15) is 37.1 Å². The molecule has 1 saturated heterocycles. The van der Waals surface area contributed by atoms with Crippen LogP contribution in [0.3, 0.4) is 0 Å². The monoisotopic (exact) mass is 539 g/mol. The molecule has 0 bridgehead atoms. The maximum Gasteiger partial charge on any atom is 0.354 e. The number of carbonyl (C=O) groups excluding carboxylic acids is 3. The van der Waals surface area contributed by atoms with Gasteiger partial charge in [0.05, 0.1) is 4.91 Å². The molecule has 0 spiro atoms. The fraction of sp³-hybridized carbons (Fsp3) is 0.0833. The molecular formula is C24H17N3O8S2. The molecule has 0 aliphatic carbocycles. The summed E-state index contributed by atoms with van der Waals surface area (Å²) < 4.78 is 5.72. The van der Waals surface area contributed by atoms with Crippen LogP contribution >= 0.6 is 23.5 Å². The van der Waals surface area contributed by atoms with Gasteiger partial charge in [-0.25, -0.2) is 14.6 Å². The van der Waals surface area contributed by atoms with Gasteiger partial charge < -0.3 is 19.9 Å². The average molecular weight is 540 g/mol. The lowest BCUT2D eigenvalue weighted by atomic mass is 10.1. The van der Waals surface area contributed by atoms with E-state index in [2.05, 4.69) is 15.6 Å². The number of nitrogens with one attached hydrogen (secondary N) is 2. The van der Waals surface area contributed by atoms with E-state index >= 15 is 0 Å². The number of benzene rings is 1. The minimum atomic E-state index is -1.33. The number of aromatic nitrogens is 1. The number of carboxylic acids is 2. The van der Waals surface area contributed by atoms with Gasteiger partial charge in [-0.2, -0.15) is 0 Å². The van der Waals surface area contributed by atoms with Gasteiger partial charge in [0.15, 0.2) is 0 Å². The lowest BCUT2D eigenvalue weighted by Crippen LogP contribution is -2.25. The maximum absolute atomic E-state index is 12.5. The predicted octanol–water partition coefficient (Wildman–Crippen LogP) is 3.58. The molecule has 3 aromatic rings. The van der Waals surface area contributed by atoms with Crippen LogP contribution < -0.4 is 10.6 Å². The molecule has 13 heteroatoms. The van der Waals surface area contributed by atoms with E-state index in [-0.39, 0.29) is 28.7 Å². The molecule has 0 unspecified atom stereocenters. The number of thioether (sulfide) groups is 2. The Labute approximate surface area is 217 Å². The number of furan rings is 1. The number of carbonyl (C=O) groups is 5. The summed E-state index contributed by atoms with van der Waals surface area (Å²) in [6.45, 7) is 0.253. The fourth-order valence-corrected chi connectivity index (χ4v) is 4.66. The third-order valence-corrected chi connectivity index (χ3v) is 6.66. The van der Waals surface area contributed by atoms with E-state index in [0.717, 1.165) is 11.8 Å². The van der Waals surface area contributed by atoms with Gasteiger partial charge in [0, 0.05) is 34.4 Å². The molecular weight excluding hydrogens is 522 g/mol. The summed E-state index contributed by atoms with van der Waals surface area (Å²) in [6.07, 6.45) is 1.48. The Bertz CT molecular complexity index is 1410. The second kappa shape index (κ2) is 11.1. The van der Waals surface area contributed by atoms with E-state index in [1.165, 1.54) is 30.0 Å². The van der Waals surface area contributed by atoms with Crippen LogP contribution in [0.25, 0.3) is 17.4 Å². The van der Waals surface area contributed by atoms with Gasteiger partial charge >= 0.3 is 11.9 Å². The number of pyridine rings is 1. The minimum absolute atomic E-state index is 0.240. The molecule has 188 valence electrons. The molecule has 4 rings (SSSR count). The van der Waals surface area contributed by atoms with Crippen molar-refractivity contribution in [3.8, 4) is 11.3 Å². The van der Waals surface area contributed by atoms with E-state index in [1.54, 1.807) is 36.4 Å². The van der Waals surface area contributed by atoms with Crippen molar-refractivity contribution in [3.63, 3.8) is 0 Å². The molecule has 3 amide bonds. The van der Waals surface area contributed by atoms with Gasteiger partial charge in [-0.15, -0.1) is 11.8 Å². The summed E-state index contributed by atoms with van der Waals surface area (Å²) in [6, 6.07) is 12.6. The molecule has 1 aliphatic heterocycles. The first-order valence-electron chi connectivity index (χ1n) is 10.5. The van der Waals surface area contributed by atoms with Crippen molar-refractivity contribution in [2.75, 3.05) is 12.3 Å². The Morgan fingerprint density at radius 1 is 1.03 bits per heavy atom. The Morgan fingerprint density at radius 3 is 2.30 bits per heavy atom. The van der Waals surface area contributed by atoms with Crippen molar-refractivity contribution in [1.82, 2.24) is 15.6 Å². The van der Waals surface area contributed by atoms with E-state index in [0.29, 0.717) is 33.3 Å². The van der Waals surface area contributed by atoms with E-state index < -0.39 is 23.1 Å². The summed E-state index contributed by atoms with van der Waals surface area (Å²) in [5.41, 5.74) is 0.373. The van der Waals surface area contributed by atoms with Crippen molar-refractivity contribution in [2.24, 2.45) is 0 Å². The molecule has 11 nitrogen and oxygen atoms in total. The highest BCUT2D eigenvalue weighted by atomic mass is 32.2. The maximum atomic E-state index is 12.5. The highest BCUT2D eigenvalue weighted by molar-refractivity contribution is 8.18. The second-order valence-electron chi connectivity index (χ2n) is 7.42. The van der Waals surface area contributed by atoms with Gasteiger partial charge in [-0.3, -0.25) is 19.7 Å². The first kappa shape index (κ1) is 25.7. The second-order valence-corrected chi connectivity index (χ2v) is 9.60. The van der Waals surface area contributed by atoms with Crippen molar-refractivity contribution < 1.29 is 38.6 Å². The van der Waals surface area contributed by atoms with Crippen molar-refractivity contribution in [2.45, 2.75) is 4.90 Å². The van der Waals surface area contributed by atoms with Crippen LogP contribution in [0.2, 0.25) is 0 Å². The summed E-state index contributed by atoms with van der Waals surface area (Å²) in [7, 11) is 0. The Balaban J connectivity index is 1.32. The first-order valence-corrected chi connectivity index (χ1v) is 12.3. The van der Waals surface area contributed by atoms with Crippen LogP contribution in [-0.4, -0.2) is 56.5 Å². The number of carboxylic acid groups (broad SMARTS) is 2. The summed E-state index contributed by atoms with van der Waals surface area (Å²) in [5, 5.41) is 22.7. The zero-order chi connectivity index (χ0) is 26.5. The fourth-order valence-electron chi connectivity index (χ4n) is 3.17. The SMILES string of the molecule is O=C1NC(=O)C(=Cc2ccc(-c3ccc(C(=O)NCCSc4cc(C(=O)O)nc(C(=O)O)c4)cc3)o2)S1. The van der Waals surface area contributed by atoms with Crippen LogP contribution in [0.5, 0.6) is 0 Å². The predicted molar refractivity (Wildman–Crippen MR) is 134 cm³/mol. The lowest BCUT2D eigenvalue weighted by Gasteiger charge is -2.07. The first-order chi connectivity index (χ1) is 17.7. The van der Waals surface area contributed by atoms with E-state index in [4.69, 9.17) is 14.6 Å². The zero-order valence-corrected chi connectivity index (χ0v) is 20.4. The quantitative estimate of drug-likeness (QED) is 0.178. The highest BCUT2D eigenvalue weighted by Gasteiger charge is 2.25. The number of amides is 3. The molecule has 3 heterocycles. The lowest BCUT2D eigenvalue weighted by molar-refractivity contribution is -0.115. The van der Waals surface area contributed by atoms with Gasteiger partial charge in [0.1, 0.15) is 22.9 Å². The normalized spacial score (nSPS) is 14.0. The van der Waals surface area contributed by atoms with Crippen molar-refractivity contribution in [3.05, 3.63) is 76.1 Å². The Hall–Kier alpha value is -4.36. The molecule has 1 aromatic carbocycles. The molecule has 37 heavy (non-hydrogen) atoms. The van der Waals surface area contributed by atoms with Gasteiger partial charge in [0.2, 0.25) is 0 Å². The highest BCUT2D eigenvalue weighted by Crippen LogP contribution is 2.28. The summed E-state index contributed by atoms with van der Waals surface area (Å²) in [4.78, 5) is 61.9. The number of imide groups is 1. The van der Waals surface area contributed by atoms with Crippen LogP contribution in [-0.2, 0) is 4.79 Å². The van der Waals surface area contributed by atoms with Gasteiger partial charge in [-0.05, 0) is 48.2 Å².